The highest BCUT2D eigenvalue weighted by Gasteiger charge is 2.16. The molecule has 3 rings (SSSR count). The number of aryl methyl sites for hydroxylation is 1. The van der Waals surface area contributed by atoms with Gasteiger partial charge in [0, 0.05) is 11.9 Å². The van der Waals surface area contributed by atoms with E-state index in [0.29, 0.717) is 17.7 Å². The fourth-order valence-corrected chi connectivity index (χ4v) is 4.17. The van der Waals surface area contributed by atoms with E-state index in [1.54, 1.807) is 18.2 Å². The maximum atomic E-state index is 12.9. The second-order valence-corrected chi connectivity index (χ2v) is 8.95. The number of benzene rings is 2. The summed E-state index contributed by atoms with van der Waals surface area (Å²) >= 11 is 0. The molecule has 1 aromatic heterocycles. The van der Waals surface area contributed by atoms with Crippen LogP contribution in [0.2, 0.25) is 0 Å². The number of aromatic nitrogens is 1. The van der Waals surface area contributed by atoms with Gasteiger partial charge in [-0.3, -0.25) is 4.72 Å². The second-order valence-electron chi connectivity index (χ2n) is 7.27. The first-order valence-electron chi connectivity index (χ1n) is 9.54. The molecule has 0 bridgehead atoms. The van der Waals surface area contributed by atoms with Crippen LogP contribution in [0.15, 0.2) is 59.5 Å². The van der Waals surface area contributed by atoms with Gasteiger partial charge in [0.2, 0.25) is 0 Å². The van der Waals surface area contributed by atoms with Crippen LogP contribution < -0.4 is 4.72 Å². The van der Waals surface area contributed by atoms with Gasteiger partial charge in [0.25, 0.3) is 10.0 Å². The zero-order valence-electron chi connectivity index (χ0n) is 16.6. The molecule has 0 aliphatic carbocycles. The number of fused-ring (bicyclic) bond motifs is 1. The smallest absolute Gasteiger partial charge is 0.261 e. The Morgan fingerprint density at radius 2 is 1.75 bits per heavy atom. The van der Waals surface area contributed by atoms with Gasteiger partial charge < -0.3 is 4.90 Å². The van der Waals surface area contributed by atoms with Crippen molar-refractivity contribution < 1.29 is 8.42 Å². The molecular formula is C22H27N3O2S. The molecule has 1 heterocycles. The van der Waals surface area contributed by atoms with E-state index in [1.807, 2.05) is 55.4 Å². The van der Waals surface area contributed by atoms with Crippen molar-refractivity contribution in [2.24, 2.45) is 0 Å². The number of sulfonamides is 1. The molecule has 6 heteroatoms. The Balaban J connectivity index is 1.90. The summed E-state index contributed by atoms with van der Waals surface area (Å²) in [6.45, 7) is 2.83. The van der Waals surface area contributed by atoms with Crippen LogP contribution in [-0.2, 0) is 23.0 Å². The Hall–Kier alpha value is -2.44. The van der Waals surface area contributed by atoms with Crippen molar-refractivity contribution in [3.05, 3.63) is 65.9 Å². The molecule has 0 atom stereocenters. The number of unbranched alkanes of at least 4 members (excludes halogenated alkanes) is 1. The van der Waals surface area contributed by atoms with Gasteiger partial charge in [0.1, 0.15) is 0 Å². The minimum absolute atomic E-state index is 0.259. The number of para-hydroxylation sites is 1. The molecule has 28 heavy (non-hydrogen) atoms. The highest BCUT2D eigenvalue weighted by molar-refractivity contribution is 7.92. The van der Waals surface area contributed by atoms with E-state index in [-0.39, 0.29) is 4.90 Å². The normalized spacial score (nSPS) is 11.9. The lowest BCUT2D eigenvalue weighted by Gasteiger charge is -2.13. The summed E-state index contributed by atoms with van der Waals surface area (Å²) < 4.78 is 28.5. The van der Waals surface area contributed by atoms with Crippen LogP contribution in [0, 0.1) is 0 Å². The van der Waals surface area contributed by atoms with E-state index in [4.69, 9.17) is 0 Å². The lowest BCUT2D eigenvalue weighted by Crippen LogP contribution is -2.14. The van der Waals surface area contributed by atoms with Crippen molar-refractivity contribution in [1.29, 1.82) is 0 Å². The van der Waals surface area contributed by atoms with Gasteiger partial charge in [-0.15, -0.1) is 0 Å². The van der Waals surface area contributed by atoms with Crippen LogP contribution in [0.5, 0.6) is 0 Å². The first kappa shape index (κ1) is 20.3. The molecule has 0 spiro atoms. The van der Waals surface area contributed by atoms with Crippen LogP contribution in [0.4, 0.5) is 5.69 Å². The predicted octanol–water partition coefficient (Wildman–Crippen LogP) is 4.44. The van der Waals surface area contributed by atoms with Gasteiger partial charge in [0.05, 0.1) is 21.8 Å². The summed E-state index contributed by atoms with van der Waals surface area (Å²) in [5.41, 5.74) is 3.20. The predicted molar refractivity (Wildman–Crippen MR) is 115 cm³/mol. The van der Waals surface area contributed by atoms with E-state index in [2.05, 4.69) is 16.6 Å². The maximum Gasteiger partial charge on any atom is 0.261 e. The summed E-state index contributed by atoms with van der Waals surface area (Å²) in [4.78, 5) is 6.96. The highest BCUT2D eigenvalue weighted by Crippen LogP contribution is 2.25. The number of nitrogens with zero attached hydrogens (tertiary/aromatic N) is 2. The SMILES string of the molecule is CCCCc1ccc(S(=O)(=O)Nc2cccc3ccc(CN(C)C)nc23)cc1. The topological polar surface area (TPSA) is 62.3 Å². The summed E-state index contributed by atoms with van der Waals surface area (Å²) in [5.74, 6) is 0. The first-order valence-corrected chi connectivity index (χ1v) is 11.0. The Morgan fingerprint density at radius 1 is 1.00 bits per heavy atom. The van der Waals surface area contributed by atoms with Crippen molar-refractivity contribution in [1.82, 2.24) is 9.88 Å². The van der Waals surface area contributed by atoms with Gasteiger partial charge >= 0.3 is 0 Å². The van der Waals surface area contributed by atoms with Crippen LogP contribution in [0.1, 0.15) is 31.0 Å². The van der Waals surface area contributed by atoms with Gasteiger partial charge in [0.15, 0.2) is 0 Å². The third-order valence-corrected chi connectivity index (χ3v) is 5.93. The Bertz CT molecular complexity index is 1050. The quantitative estimate of drug-likeness (QED) is 0.610. The van der Waals surface area contributed by atoms with Gasteiger partial charge in [-0.1, -0.05) is 43.7 Å². The molecule has 0 radical (unpaired) electrons. The third-order valence-electron chi connectivity index (χ3n) is 4.55. The molecular weight excluding hydrogens is 370 g/mol. The fourth-order valence-electron chi connectivity index (χ4n) is 3.10. The van der Waals surface area contributed by atoms with E-state index in [0.717, 1.165) is 35.9 Å². The second kappa shape index (κ2) is 8.71. The van der Waals surface area contributed by atoms with Crippen LogP contribution in [0.3, 0.4) is 0 Å². The van der Waals surface area contributed by atoms with E-state index >= 15 is 0 Å². The highest BCUT2D eigenvalue weighted by atomic mass is 32.2. The van der Waals surface area contributed by atoms with Crippen molar-refractivity contribution in [2.45, 2.75) is 37.6 Å². The molecule has 0 aliphatic heterocycles. The summed E-state index contributed by atoms with van der Waals surface area (Å²) in [7, 11) is 0.275. The molecule has 0 saturated heterocycles. The van der Waals surface area contributed by atoms with Gasteiger partial charge in [-0.2, -0.15) is 0 Å². The third kappa shape index (κ3) is 4.88. The minimum Gasteiger partial charge on any atom is -0.304 e. The number of hydrogen-bond acceptors (Lipinski definition) is 4. The molecule has 1 N–H and O–H groups in total. The molecule has 3 aromatic rings. The standard InChI is InChI=1S/C22H27N3O2S/c1-4-5-7-17-10-14-20(15-11-17)28(26,27)24-21-9-6-8-18-12-13-19(16-25(2)3)23-22(18)21/h6,8-15,24H,4-5,7,16H2,1-3H3. The van der Waals surface area contributed by atoms with E-state index < -0.39 is 10.0 Å². The molecule has 5 nitrogen and oxygen atoms in total. The average molecular weight is 398 g/mol. The summed E-state index contributed by atoms with van der Waals surface area (Å²) in [6, 6.07) is 16.6. The lowest BCUT2D eigenvalue weighted by atomic mass is 10.1. The summed E-state index contributed by atoms with van der Waals surface area (Å²) in [5, 5.41) is 0.901. The number of hydrogen-bond donors (Lipinski definition) is 1. The molecule has 0 fully saturated rings. The van der Waals surface area contributed by atoms with Crippen molar-refractivity contribution >= 4 is 26.6 Å². The Morgan fingerprint density at radius 3 is 2.43 bits per heavy atom. The van der Waals surface area contributed by atoms with Crippen LogP contribution >= 0.6 is 0 Å². The molecule has 148 valence electrons. The van der Waals surface area contributed by atoms with Crippen molar-refractivity contribution in [3.8, 4) is 0 Å². The average Bonchev–Trinajstić information content (AvgIpc) is 2.66. The molecule has 0 amide bonds. The zero-order chi connectivity index (χ0) is 20.1. The number of nitrogens with one attached hydrogen (secondary N) is 1. The lowest BCUT2D eigenvalue weighted by molar-refractivity contribution is 0.397. The van der Waals surface area contributed by atoms with Crippen LogP contribution in [0.25, 0.3) is 10.9 Å². The molecule has 0 unspecified atom stereocenters. The van der Waals surface area contributed by atoms with Crippen LogP contribution in [-0.4, -0.2) is 32.4 Å². The largest absolute Gasteiger partial charge is 0.304 e. The molecule has 2 aromatic carbocycles. The number of anilines is 1. The van der Waals surface area contributed by atoms with E-state index in [1.165, 1.54) is 0 Å². The van der Waals surface area contributed by atoms with Crippen molar-refractivity contribution in [2.75, 3.05) is 18.8 Å². The Kier molecular flexibility index (Phi) is 6.31. The monoisotopic (exact) mass is 397 g/mol. The van der Waals surface area contributed by atoms with Gasteiger partial charge in [-0.25, -0.2) is 13.4 Å². The van der Waals surface area contributed by atoms with Crippen molar-refractivity contribution in [3.63, 3.8) is 0 Å². The number of rotatable bonds is 8. The molecule has 0 aliphatic rings. The minimum atomic E-state index is -3.68. The molecule has 0 saturated carbocycles. The number of pyridine rings is 1. The maximum absolute atomic E-state index is 12.9. The first-order chi connectivity index (χ1) is 13.4. The van der Waals surface area contributed by atoms with E-state index in [9.17, 15) is 8.42 Å². The van der Waals surface area contributed by atoms with Gasteiger partial charge in [-0.05, 0) is 56.8 Å². The Labute approximate surface area is 167 Å². The zero-order valence-corrected chi connectivity index (χ0v) is 17.5. The fraction of sp³-hybridized carbons (Fsp3) is 0.318. The summed E-state index contributed by atoms with van der Waals surface area (Å²) in [6.07, 6.45) is 3.18.